The first-order valence-electron chi connectivity index (χ1n) is 9.22. The minimum absolute atomic E-state index is 0.131. The fraction of sp³-hybridized carbons (Fsp3) is 0.450. The molecular formula is C20H27N5O. The van der Waals surface area contributed by atoms with E-state index >= 15 is 0 Å². The van der Waals surface area contributed by atoms with Crippen LogP contribution in [0.1, 0.15) is 30.2 Å². The zero-order chi connectivity index (χ0) is 18.5. The molecule has 138 valence electrons. The largest absolute Gasteiger partial charge is 0.368 e. The Labute approximate surface area is 155 Å². The highest BCUT2D eigenvalue weighted by atomic mass is 16.1. The second-order valence-corrected chi connectivity index (χ2v) is 7.07. The van der Waals surface area contributed by atoms with Gasteiger partial charge in [0.2, 0.25) is 0 Å². The van der Waals surface area contributed by atoms with Crippen molar-refractivity contribution in [2.75, 3.05) is 42.5 Å². The standard InChI is InChI=1S/C20H27N5O/c1-15(2)14-21-20(26)18-13-19(23-16(3)22-18)25-11-9-24(10-12-25)17-7-5-4-6-8-17/h4-8,13,15H,9-12,14H2,1-3H3,(H,21,26). The molecule has 3 rings (SSSR count). The van der Waals surface area contributed by atoms with Crippen molar-refractivity contribution in [3.8, 4) is 0 Å². The van der Waals surface area contributed by atoms with Crippen molar-refractivity contribution in [3.63, 3.8) is 0 Å². The average molecular weight is 353 g/mol. The molecule has 1 amide bonds. The van der Waals surface area contributed by atoms with Crippen LogP contribution in [0.25, 0.3) is 0 Å². The molecule has 6 heteroatoms. The van der Waals surface area contributed by atoms with Gasteiger partial charge in [-0.1, -0.05) is 32.0 Å². The predicted octanol–water partition coefficient (Wildman–Crippen LogP) is 2.50. The average Bonchev–Trinajstić information content (AvgIpc) is 2.66. The molecule has 1 aliphatic rings. The van der Waals surface area contributed by atoms with Crippen molar-refractivity contribution >= 4 is 17.4 Å². The molecule has 6 nitrogen and oxygen atoms in total. The predicted molar refractivity (Wildman–Crippen MR) is 105 cm³/mol. The number of piperazine rings is 1. The van der Waals surface area contributed by atoms with Crippen LogP contribution in [0.4, 0.5) is 11.5 Å². The molecule has 1 fully saturated rings. The quantitative estimate of drug-likeness (QED) is 0.895. The van der Waals surface area contributed by atoms with E-state index in [9.17, 15) is 4.79 Å². The van der Waals surface area contributed by atoms with E-state index in [0.29, 0.717) is 24.0 Å². The van der Waals surface area contributed by atoms with Gasteiger partial charge in [0, 0.05) is 44.5 Å². The number of carbonyl (C=O) groups excluding carboxylic acids is 1. The zero-order valence-corrected chi connectivity index (χ0v) is 15.8. The van der Waals surface area contributed by atoms with Gasteiger partial charge in [-0.05, 0) is 25.0 Å². The summed E-state index contributed by atoms with van der Waals surface area (Å²) in [5.41, 5.74) is 1.69. The molecular weight excluding hydrogens is 326 g/mol. The Balaban J connectivity index is 1.67. The van der Waals surface area contributed by atoms with Crippen molar-refractivity contribution in [2.24, 2.45) is 5.92 Å². The number of aromatic nitrogens is 2. The molecule has 2 aromatic rings. The summed E-state index contributed by atoms with van der Waals surface area (Å²) in [7, 11) is 0. The normalized spacial score (nSPS) is 14.6. The summed E-state index contributed by atoms with van der Waals surface area (Å²) < 4.78 is 0. The van der Waals surface area contributed by atoms with Crippen LogP contribution in [0.2, 0.25) is 0 Å². The minimum atomic E-state index is -0.131. The molecule has 26 heavy (non-hydrogen) atoms. The lowest BCUT2D eigenvalue weighted by Crippen LogP contribution is -2.47. The first kappa shape index (κ1) is 18.2. The van der Waals surface area contributed by atoms with E-state index in [4.69, 9.17) is 0 Å². The highest BCUT2D eigenvalue weighted by molar-refractivity contribution is 5.93. The monoisotopic (exact) mass is 353 g/mol. The molecule has 0 aliphatic carbocycles. The maximum Gasteiger partial charge on any atom is 0.270 e. The van der Waals surface area contributed by atoms with Gasteiger partial charge in [0.1, 0.15) is 17.3 Å². The number of para-hydroxylation sites is 1. The third-order valence-electron chi connectivity index (χ3n) is 4.45. The van der Waals surface area contributed by atoms with Crippen LogP contribution < -0.4 is 15.1 Å². The summed E-state index contributed by atoms with van der Waals surface area (Å²) in [6.45, 7) is 10.2. The van der Waals surface area contributed by atoms with E-state index in [1.165, 1.54) is 5.69 Å². The molecule has 0 radical (unpaired) electrons. The molecule has 1 aromatic carbocycles. The van der Waals surface area contributed by atoms with Crippen LogP contribution in [0.15, 0.2) is 36.4 Å². The molecule has 0 spiro atoms. The smallest absolute Gasteiger partial charge is 0.270 e. The van der Waals surface area contributed by atoms with E-state index < -0.39 is 0 Å². The summed E-state index contributed by atoms with van der Waals surface area (Å²) >= 11 is 0. The van der Waals surface area contributed by atoms with Gasteiger partial charge in [-0.25, -0.2) is 9.97 Å². The molecule has 1 N–H and O–H groups in total. The zero-order valence-electron chi connectivity index (χ0n) is 15.8. The lowest BCUT2D eigenvalue weighted by atomic mass is 10.2. The summed E-state index contributed by atoms with van der Waals surface area (Å²) in [5.74, 6) is 1.74. The van der Waals surface area contributed by atoms with E-state index in [1.54, 1.807) is 6.07 Å². The maximum absolute atomic E-state index is 12.3. The van der Waals surface area contributed by atoms with Crippen molar-refractivity contribution in [1.82, 2.24) is 15.3 Å². The van der Waals surface area contributed by atoms with Gasteiger partial charge < -0.3 is 15.1 Å². The van der Waals surface area contributed by atoms with Crippen molar-refractivity contribution in [2.45, 2.75) is 20.8 Å². The number of aryl methyl sites for hydroxylation is 1. The Bertz CT molecular complexity index is 739. The van der Waals surface area contributed by atoms with Crippen LogP contribution in [0.5, 0.6) is 0 Å². The molecule has 0 bridgehead atoms. The number of hydrogen-bond donors (Lipinski definition) is 1. The minimum Gasteiger partial charge on any atom is -0.368 e. The van der Waals surface area contributed by atoms with Gasteiger partial charge in [0.15, 0.2) is 0 Å². The first-order valence-corrected chi connectivity index (χ1v) is 9.22. The van der Waals surface area contributed by atoms with E-state index in [0.717, 1.165) is 32.0 Å². The van der Waals surface area contributed by atoms with E-state index in [2.05, 4.69) is 63.2 Å². The van der Waals surface area contributed by atoms with Crippen molar-refractivity contribution in [3.05, 3.63) is 47.9 Å². The van der Waals surface area contributed by atoms with Crippen LogP contribution in [-0.4, -0.2) is 48.6 Å². The molecule has 1 aliphatic heterocycles. The van der Waals surface area contributed by atoms with Crippen LogP contribution >= 0.6 is 0 Å². The number of amides is 1. The van der Waals surface area contributed by atoms with E-state index in [-0.39, 0.29) is 5.91 Å². The van der Waals surface area contributed by atoms with Crippen LogP contribution in [0.3, 0.4) is 0 Å². The fourth-order valence-corrected chi connectivity index (χ4v) is 3.05. The second kappa shape index (κ2) is 8.17. The summed E-state index contributed by atoms with van der Waals surface area (Å²) in [6, 6.07) is 12.3. The Morgan fingerprint density at radius 3 is 2.38 bits per heavy atom. The lowest BCUT2D eigenvalue weighted by Gasteiger charge is -2.36. The summed E-state index contributed by atoms with van der Waals surface area (Å²) in [6.07, 6.45) is 0. The molecule has 0 saturated carbocycles. The number of nitrogens with zero attached hydrogens (tertiary/aromatic N) is 4. The number of carbonyl (C=O) groups is 1. The van der Waals surface area contributed by atoms with Gasteiger partial charge >= 0.3 is 0 Å². The molecule has 0 unspecified atom stereocenters. The summed E-state index contributed by atoms with van der Waals surface area (Å²) in [5, 5.41) is 2.93. The van der Waals surface area contributed by atoms with Crippen LogP contribution in [0, 0.1) is 12.8 Å². The van der Waals surface area contributed by atoms with Gasteiger partial charge in [-0.15, -0.1) is 0 Å². The molecule has 0 atom stereocenters. The van der Waals surface area contributed by atoms with E-state index in [1.807, 2.05) is 13.0 Å². The first-order chi connectivity index (χ1) is 12.5. The fourth-order valence-electron chi connectivity index (χ4n) is 3.05. The lowest BCUT2D eigenvalue weighted by molar-refractivity contribution is 0.0943. The Morgan fingerprint density at radius 2 is 1.73 bits per heavy atom. The highest BCUT2D eigenvalue weighted by Gasteiger charge is 2.20. The SMILES string of the molecule is Cc1nc(C(=O)NCC(C)C)cc(N2CCN(c3ccccc3)CC2)n1. The molecule has 1 saturated heterocycles. The summed E-state index contributed by atoms with van der Waals surface area (Å²) in [4.78, 5) is 25.8. The second-order valence-electron chi connectivity index (χ2n) is 7.07. The number of hydrogen-bond acceptors (Lipinski definition) is 5. The Morgan fingerprint density at radius 1 is 1.08 bits per heavy atom. The maximum atomic E-state index is 12.3. The third kappa shape index (κ3) is 4.50. The number of rotatable bonds is 5. The number of anilines is 2. The molecule has 1 aromatic heterocycles. The number of benzene rings is 1. The Hall–Kier alpha value is -2.63. The third-order valence-corrected chi connectivity index (χ3v) is 4.45. The topological polar surface area (TPSA) is 61.4 Å². The number of nitrogens with one attached hydrogen (secondary N) is 1. The van der Waals surface area contributed by atoms with Crippen LogP contribution in [-0.2, 0) is 0 Å². The van der Waals surface area contributed by atoms with Crippen molar-refractivity contribution < 1.29 is 4.79 Å². The van der Waals surface area contributed by atoms with Gasteiger partial charge in [-0.3, -0.25) is 4.79 Å². The molecule has 2 heterocycles. The van der Waals surface area contributed by atoms with Gasteiger partial charge in [-0.2, -0.15) is 0 Å². The van der Waals surface area contributed by atoms with Crippen molar-refractivity contribution in [1.29, 1.82) is 0 Å². The highest BCUT2D eigenvalue weighted by Crippen LogP contribution is 2.19. The Kier molecular flexibility index (Phi) is 5.71. The van der Waals surface area contributed by atoms with Gasteiger partial charge in [0.25, 0.3) is 5.91 Å². The van der Waals surface area contributed by atoms with Gasteiger partial charge in [0.05, 0.1) is 0 Å².